The first kappa shape index (κ1) is 14.0. The fraction of sp³-hybridized carbons (Fsp3) is 0.769. The number of imide groups is 1. The van der Waals surface area contributed by atoms with Gasteiger partial charge >= 0.3 is 0 Å². The summed E-state index contributed by atoms with van der Waals surface area (Å²) in [6.45, 7) is 3.67. The second-order valence-electron chi connectivity index (χ2n) is 5.36. The molecule has 0 aromatic carbocycles. The van der Waals surface area contributed by atoms with E-state index in [1.165, 1.54) is 4.90 Å². The molecule has 0 bridgehead atoms. The molecule has 2 saturated heterocycles. The maximum absolute atomic E-state index is 12.1. The Morgan fingerprint density at radius 3 is 2.89 bits per heavy atom. The molecule has 0 aromatic rings. The summed E-state index contributed by atoms with van der Waals surface area (Å²) in [6.07, 6.45) is 3.54. The fourth-order valence-electron chi connectivity index (χ4n) is 2.66. The highest BCUT2D eigenvalue weighted by atomic mass is 16.2. The summed E-state index contributed by atoms with van der Waals surface area (Å²) in [5.41, 5.74) is 0. The van der Waals surface area contributed by atoms with Gasteiger partial charge in [-0.05, 0) is 45.2 Å². The molecule has 6 heteroatoms. The van der Waals surface area contributed by atoms with Crippen molar-refractivity contribution in [3.8, 4) is 0 Å². The van der Waals surface area contributed by atoms with Crippen LogP contribution in [-0.2, 0) is 14.4 Å². The Bertz CT molecular complexity index is 377. The van der Waals surface area contributed by atoms with Crippen LogP contribution in [0.5, 0.6) is 0 Å². The molecule has 2 N–H and O–H groups in total. The minimum absolute atomic E-state index is 0.00530. The predicted molar refractivity (Wildman–Crippen MR) is 69.2 cm³/mol. The minimum Gasteiger partial charge on any atom is -0.322 e. The lowest BCUT2D eigenvalue weighted by Crippen LogP contribution is -2.58. The van der Waals surface area contributed by atoms with E-state index in [9.17, 15) is 14.4 Å². The first-order valence-corrected chi connectivity index (χ1v) is 6.92. The van der Waals surface area contributed by atoms with Gasteiger partial charge in [0.25, 0.3) is 0 Å². The number of piperidine rings is 1. The summed E-state index contributed by atoms with van der Waals surface area (Å²) < 4.78 is 0. The van der Waals surface area contributed by atoms with Crippen LogP contribution >= 0.6 is 0 Å². The Labute approximate surface area is 112 Å². The average molecular weight is 267 g/mol. The summed E-state index contributed by atoms with van der Waals surface area (Å²) in [5.74, 6) is -0.344. The van der Waals surface area contributed by atoms with Gasteiger partial charge in [-0.25, -0.2) is 0 Å². The van der Waals surface area contributed by atoms with E-state index in [2.05, 4.69) is 10.6 Å². The summed E-state index contributed by atoms with van der Waals surface area (Å²) in [4.78, 5) is 36.3. The highest BCUT2D eigenvalue weighted by Crippen LogP contribution is 2.17. The molecule has 0 aromatic heterocycles. The summed E-state index contributed by atoms with van der Waals surface area (Å²) >= 11 is 0. The van der Waals surface area contributed by atoms with Gasteiger partial charge < -0.3 is 10.2 Å². The maximum atomic E-state index is 12.1. The molecule has 2 aliphatic heterocycles. The number of rotatable bonds is 3. The van der Waals surface area contributed by atoms with Crippen LogP contribution < -0.4 is 10.6 Å². The van der Waals surface area contributed by atoms with Gasteiger partial charge in [-0.15, -0.1) is 0 Å². The van der Waals surface area contributed by atoms with Crippen LogP contribution in [0.2, 0.25) is 0 Å². The molecule has 106 valence electrons. The molecule has 3 amide bonds. The van der Waals surface area contributed by atoms with Crippen molar-refractivity contribution in [1.29, 1.82) is 0 Å². The molecule has 19 heavy (non-hydrogen) atoms. The van der Waals surface area contributed by atoms with E-state index < -0.39 is 11.9 Å². The van der Waals surface area contributed by atoms with Gasteiger partial charge in [0.15, 0.2) is 0 Å². The van der Waals surface area contributed by atoms with E-state index in [-0.39, 0.29) is 18.4 Å². The minimum atomic E-state index is -0.547. The van der Waals surface area contributed by atoms with Crippen molar-refractivity contribution in [2.45, 2.75) is 38.6 Å². The van der Waals surface area contributed by atoms with E-state index in [1.54, 1.807) is 6.92 Å². The van der Waals surface area contributed by atoms with Crippen LogP contribution in [0.25, 0.3) is 0 Å². The zero-order valence-corrected chi connectivity index (χ0v) is 11.3. The van der Waals surface area contributed by atoms with E-state index in [0.29, 0.717) is 12.3 Å². The van der Waals surface area contributed by atoms with Crippen molar-refractivity contribution in [2.24, 2.45) is 5.92 Å². The highest BCUT2D eigenvalue weighted by Gasteiger charge is 2.33. The zero-order valence-electron chi connectivity index (χ0n) is 11.3. The summed E-state index contributed by atoms with van der Waals surface area (Å²) in [5, 5.41) is 5.56. The molecule has 0 spiro atoms. The Hall–Kier alpha value is -1.43. The lowest BCUT2D eigenvalue weighted by atomic mass is 9.94. The molecule has 0 saturated carbocycles. The van der Waals surface area contributed by atoms with Gasteiger partial charge in [0, 0.05) is 6.42 Å². The van der Waals surface area contributed by atoms with Crippen LogP contribution in [0, 0.1) is 5.92 Å². The number of nitrogens with zero attached hydrogens (tertiary/aromatic N) is 1. The maximum Gasteiger partial charge on any atom is 0.249 e. The van der Waals surface area contributed by atoms with E-state index >= 15 is 0 Å². The van der Waals surface area contributed by atoms with E-state index in [1.807, 2.05) is 0 Å². The number of hydrogen-bond donors (Lipinski definition) is 2. The van der Waals surface area contributed by atoms with Crippen LogP contribution in [-0.4, -0.2) is 48.3 Å². The Morgan fingerprint density at radius 2 is 2.21 bits per heavy atom. The fourth-order valence-corrected chi connectivity index (χ4v) is 2.66. The predicted octanol–water partition coefficient (Wildman–Crippen LogP) is -0.360. The van der Waals surface area contributed by atoms with Crippen LogP contribution in [0.15, 0.2) is 0 Å². The summed E-state index contributed by atoms with van der Waals surface area (Å²) in [6, 6.07) is -0.547. The SMILES string of the molecule is CC1C(=O)NC(=O)CN1C(=O)CCC1CCCNC1. The smallest absolute Gasteiger partial charge is 0.249 e. The molecule has 6 nitrogen and oxygen atoms in total. The molecular formula is C13H21N3O3. The zero-order chi connectivity index (χ0) is 13.8. The topological polar surface area (TPSA) is 78.5 Å². The molecule has 2 unspecified atom stereocenters. The highest BCUT2D eigenvalue weighted by molar-refractivity contribution is 6.04. The van der Waals surface area contributed by atoms with Crippen LogP contribution in [0.3, 0.4) is 0 Å². The van der Waals surface area contributed by atoms with Gasteiger partial charge in [-0.2, -0.15) is 0 Å². The second-order valence-corrected chi connectivity index (χ2v) is 5.36. The first-order chi connectivity index (χ1) is 9.08. The molecular weight excluding hydrogens is 246 g/mol. The van der Waals surface area contributed by atoms with E-state index in [0.717, 1.165) is 32.4 Å². The Kier molecular flexibility index (Phi) is 4.52. The third kappa shape index (κ3) is 3.53. The number of nitrogens with one attached hydrogen (secondary N) is 2. The number of hydrogen-bond acceptors (Lipinski definition) is 4. The quantitative estimate of drug-likeness (QED) is 0.685. The summed E-state index contributed by atoms with van der Waals surface area (Å²) in [7, 11) is 0. The Morgan fingerprint density at radius 1 is 1.42 bits per heavy atom. The second kappa shape index (κ2) is 6.14. The molecule has 2 fully saturated rings. The van der Waals surface area contributed by atoms with Crippen molar-refractivity contribution < 1.29 is 14.4 Å². The standard InChI is InChI=1S/C13H21N3O3/c1-9-13(19)15-11(17)8-16(9)12(18)5-4-10-3-2-6-14-7-10/h9-10,14H,2-8H2,1H3,(H,15,17,19). The van der Waals surface area contributed by atoms with Gasteiger partial charge in [0.2, 0.25) is 17.7 Å². The van der Waals surface area contributed by atoms with Gasteiger partial charge in [0.05, 0.1) is 0 Å². The third-order valence-corrected chi connectivity index (χ3v) is 3.91. The van der Waals surface area contributed by atoms with Crippen molar-refractivity contribution in [3.05, 3.63) is 0 Å². The first-order valence-electron chi connectivity index (χ1n) is 6.92. The number of piperazine rings is 1. The van der Waals surface area contributed by atoms with Gasteiger partial charge in [-0.1, -0.05) is 0 Å². The number of carbonyl (C=O) groups excluding carboxylic acids is 3. The molecule has 2 heterocycles. The molecule has 0 aliphatic carbocycles. The average Bonchev–Trinajstić information content (AvgIpc) is 2.41. The molecule has 2 aliphatic rings. The van der Waals surface area contributed by atoms with Crippen LogP contribution in [0.4, 0.5) is 0 Å². The lowest BCUT2D eigenvalue weighted by molar-refractivity contribution is -0.149. The van der Waals surface area contributed by atoms with Gasteiger partial charge in [-0.3, -0.25) is 19.7 Å². The number of amides is 3. The van der Waals surface area contributed by atoms with Crippen molar-refractivity contribution in [3.63, 3.8) is 0 Å². The largest absolute Gasteiger partial charge is 0.322 e. The van der Waals surface area contributed by atoms with Gasteiger partial charge in [0.1, 0.15) is 12.6 Å². The Balaban J connectivity index is 1.84. The molecule has 2 rings (SSSR count). The normalized spacial score (nSPS) is 28.2. The van der Waals surface area contributed by atoms with Crippen molar-refractivity contribution >= 4 is 17.7 Å². The van der Waals surface area contributed by atoms with Crippen molar-refractivity contribution in [2.75, 3.05) is 19.6 Å². The molecule has 2 atom stereocenters. The molecule has 0 radical (unpaired) electrons. The monoisotopic (exact) mass is 267 g/mol. The third-order valence-electron chi connectivity index (χ3n) is 3.91. The van der Waals surface area contributed by atoms with Crippen LogP contribution in [0.1, 0.15) is 32.6 Å². The van der Waals surface area contributed by atoms with Crippen molar-refractivity contribution in [1.82, 2.24) is 15.5 Å². The number of carbonyl (C=O) groups is 3. The van der Waals surface area contributed by atoms with E-state index in [4.69, 9.17) is 0 Å². The lowest BCUT2D eigenvalue weighted by Gasteiger charge is -2.32.